The molecule has 8 nitrogen and oxygen atoms in total. The third kappa shape index (κ3) is 4.90. The number of rotatable bonds is 7. The van der Waals surface area contributed by atoms with Crippen LogP contribution in [0.25, 0.3) is 0 Å². The molecule has 2 aromatic rings. The Kier molecular flexibility index (Phi) is 6.79. The van der Waals surface area contributed by atoms with E-state index in [1.165, 1.54) is 6.07 Å². The Hall–Kier alpha value is -2.97. The van der Waals surface area contributed by atoms with Crippen LogP contribution in [-0.2, 0) is 11.2 Å². The zero-order chi connectivity index (χ0) is 20.8. The number of aliphatic hydroxyl groups is 1. The van der Waals surface area contributed by atoms with Crippen LogP contribution >= 0.6 is 0 Å². The Morgan fingerprint density at radius 2 is 2.24 bits per heavy atom. The van der Waals surface area contributed by atoms with Gasteiger partial charge in [-0.1, -0.05) is 6.07 Å². The van der Waals surface area contributed by atoms with Crippen molar-refractivity contribution >= 4 is 12.2 Å². The van der Waals surface area contributed by atoms with Gasteiger partial charge in [-0.05, 0) is 31.2 Å². The topological polar surface area (TPSA) is 109 Å². The molecular formula is C21H24N2O6. The van der Waals surface area contributed by atoms with Gasteiger partial charge in [0.15, 0.2) is 6.29 Å². The number of carbonyl (C=O) groups is 2. The average molecular weight is 400 g/mol. The molecule has 0 unspecified atom stereocenters. The molecule has 2 heterocycles. The van der Waals surface area contributed by atoms with Crippen LogP contribution in [0.4, 0.5) is 0 Å². The van der Waals surface area contributed by atoms with Crippen LogP contribution in [0.2, 0.25) is 0 Å². The smallest absolute Gasteiger partial charge is 0.256 e. The lowest BCUT2D eigenvalue weighted by atomic mass is 10.1. The number of aromatic hydroxyl groups is 1. The molecule has 2 N–H and O–H groups in total. The lowest BCUT2D eigenvalue weighted by molar-refractivity contribution is -0.0152. The molecule has 3 rings (SSSR count). The lowest BCUT2D eigenvalue weighted by Gasteiger charge is -2.35. The Bertz CT molecular complexity index is 870. The molecular weight excluding hydrogens is 376 g/mol. The van der Waals surface area contributed by atoms with E-state index in [1.54, 1.807) is 42.3 Å². The van der Waals surface area contributed by atoms with E-state index in [1.807, 2.05) is 0 Å². The van der Waals surface area contributed by atoms with Gasteiger partial charge in [-0.15, -0.1) is 0 Å². The number of ether oxygens (including phenoxy) is 2. The van der Waals surface area contributed by atoms with Gasteiger partial charge in [-0.25, -0.2) is 0 Å². The monoisotopic (exact) mass is 400 g/mol. The van der Waals surface area contributed by atoms with Crippen LogP contribution in [0.1, 0.15) is 33.3 Å². The minimum atomic E-state index is -0.618. The zero-order valence-corrected chi connectivity index (χ0v) is 16.2. The Balaban J connectivity index is 1.78. The van der Waals surface area contributed by atoms with Gasteiger partial charge in [0, 0.05) is 19.2 Å². The second-order valence-corrected chi connectivity index (χ2v) is 6.90. The number of morpholine rings is 1. The number of hydrogen-bond donors (Lipinski definition) is 2. The number of hydrogen-bond acceptors (Lipinski definition) is 7. The number of carbonyl (C=O) groups excluding carboxylic acids is 2. The number of pyridine rings is 1. The van der Waals surface area contributed by atoms with Crippen molar-refractivity contribution in [3.8, 4) is 11.5 Å². The molecule has 1 aliphatic heterocycles. The fourth-order valence-corrected chi connectivity index (χ4v) is 3.25. The number of aliphatic hydroxyl groups excluding tert-OH is 1. The third-order valence-corrected chi connectivity index (χ3v) is 4.69. The summed E-state index contributed by atoms with van der Waals surface area (Å²) in [4.78, 5) is 30.3. The highest BCUT2D eigenvalue weighted by molar-refractivity contribution is 5.95. The Labute approximate surface area is 168 Å². The number of aldehydes is 1. The molecule has 8 heteroatoms. The van der Waals surface area contributed by atoms with Crippen molar-refractivity contribution in [3.63, 3.8) is 0 Å². The van der Waals surface area contributed by atoms with E-state index >= 15 is 0 Å². The van der Waals surface area contributed by atoms with Crippen LogP contribution in [0.5, 0.6) is 11.5 Å². The van der Waals surface area contributed by atoms with Crippen molar-refractivity contribution in [3.05, 3.63) is 53.3 Å². The summed E-state index contributed by atoms with van der Waals surface area (Å²) in [5.74, 6) is -0.130. The maximum atomic E-state index is 13.2. The molecule has 0 aliphatic carbocycles. The molecule has 1 aromatic heterocycles. The van der Waals surface area contributed by atoms with Crippen molar-refractivity contribution in [2.45, 2.75) is 25.5 Å². The maximum absolute atomic E-state index is 13.2. The van der Waals surface area contributed by atoms with Crippen molar-refractivity contribution < 1.29 is 29.3 Å². The molecule has 1 saturated heterocycles. The second-order valence-electron chi connectivity index (χ2n) is 6.90. The molecule has 1 amide bonds. The van der Waals surface area contributed by atoms with E-state index in [0.29, 0.717) is 30.7 Å². The summed E-state index contributed by atoms with van der Waals surface area (Å²) >= 11 is 0. The highest BCUT2D eigenvalue weighted by Gasteiger charge is 2.30. The van der Waals surface area contributed by atoms with Crippen LogP contribution in [0.15, 0.2) is 36.5 Å². The van der Waals surface area contributed by atoms with E-state index in [4.69, 9.17) is 9.47 Å². The number of phenols is 1. The highest BCUT2D eigenvalue weighted by atomic mass is 16.5. The fourth-order valence-electron chi connectivity index (χ4n) is 3.25. The van der Waals surface area contributed by atoms with E-state index in [0.717, 1.165) is 0 Å². The Morgan fingerprint density at radius 3 is 3.00 bits per heavy atom. The summed E-state index contributed by atoms with van der Waals surface area (Å²) in [5.41, 5.74) is 1.04. The number of nitrogens with zero attached hydrogens (tertiary/aromatic N) is 2. The largest absolute Gasteiger partial charge is 0.507 e. The van der Waals surface area contributed by atoms with Crippen LogP contribution in [0.3, 0.4) is 0 Å². The average Bonchev–Trinajstić information content (AvgIpc) is 2.72. The summed E-state index contributed by atoms with van der Waals surface area (Å²) in [6.07, 6.45) is 1.78. The fraction of sp³-hybridized carbons (Fsp3) is 0.381. The SMILES string of the molecule is C[C@@H](O)Cc1ncccc1C(=O)N1CCOC[C@H]1COc1cccc(O)c1C=O. The molecule has 0 bridgehead atoms. The molecule has 154 valence electrons. The lowest BCUT2D eigenvalue weighted by Crippen LogP contribution is -2.51. The van der Waals surface area contributed by atoms with Crippen molar-refractivity contribution in [2.75, 3.05) is 26.4 Å². The minimum Gasteiger partial charge on any atom is -0.507 e. The highest BCUT2D eigenvalue weighted by Crippen LogP contribution is 2.26. The van der Waals surface area contributed by atoms with Gasteiger partial charge in [0.05, 0.1) is 42.2 Å². The zero-order valence-electron chi connectivity index (χ0n) is 16.2. The van der Waals surface area contributed by atoms with Gasteiger partial charge in [-0.3, -0.25) is 14.6 Å². The van der Waals surface area contributed by atoms with Crippen LogP contribution in [-0.4, -0.2) is 70.8 Å². The van der Waals surface area contributed by atoms with Crippen LogP contribution in [0, 0.1) is 0 Å². The summed E-state index contributed by atoms with van der Waals surface area (Å²) in [5, 5.41) is 19.5. The van der Waals surface area contributed by atoms with Gasteiger partial charge in [0.2, 0.25) is 0 Å². The minimum absolute atomic E-state index is 0.0635. The standard InChI is InChI=1S/C21H24N2O6/c1-14(25)10-18-16(4-3-7-22-18)21(27)23-8-9-28-12-15(23)13-29-20-6-2-5-19(26)17(20)11-24/h2-7,11,14-15,25-26H,8-10,12-13H2,1H3/t14-,15+/m1/s1. The molecule has 1 fully saturated rings. The first-order valence-electron chi connectivity index (χ1n) is 9.42. The van der Waals surface area contributed by atoms with E-state index in [2.05, 4.69) is 4.98 Å². The summed E-state index contributed by atoms with van der Waals surface area (Å²) in [7, 11) is 0. The molecule has 1 aliphatic rings. The molecule has 0 saturated carbocycles. The van der Waals surface area contributed by atoms with Crippen molar-refractivity contribution in [1.29, 1.82) is 0 Å². The van der Waals surface area contributed by atoms with Crippen LogP contribution < -0.4 is 4.74 Å². The second kappa shape index (κ2) is 9.49. The predicted octanol–water partition coefficient (Wildman–Crippen LogP) is 1.44. The van der Waals surface area contributed by atoms with Crippen molar-refractivity contribution in [2.24, 2.45) is 0 Å². The molecule has 29 heavy (non-hydrogen) atoms. The number of amides is 1. The first kappa shape index (κ1) is 20.8. The number of phenolic OH excluding ortho intramolecular Hbond substituents is 1. The molecule has 1 aromatic carbocycles. The molecule has 0 radical (unpaired) electrons. The first-order valence-corrected chi connectivity index (χ1v) is 9.42. The predicted molar refractivity (Wildman–Crippen MR) is 104 cm³/mol. The van der Waals surface area contributed by atoms with E-state index < -0.39 is 6.10 Å². The summed E-state index contributed by atoms with van der Waals surface area (Å²) in [6.45, 7) is 2.82. The summed E-state index contributed by atoms with van der Waals surface area (Å²) < 4.78 is 11.3. The van der Waals surface area contributed by atoms with Gasteiger partial charge in [0.25, 0.3) is 5.91 Å². The van der Waals surface area contributed by atoms with E-state index in [9.17, 15) is 19.8 Å². The normalized spacial score (nSPS) is 17.6. The quantitative estimate of drug-likeness (QED) is 0.677. The maximum Gasteiger partial charge on any atom is 0.256 e. The van der Waals surface area contributed by atoms with Gasteiger partial charge < -0.3 is 24.6 Å². The molecule has 0 spiro atoms. The number of benzene rings is 1. The summed E-state index contributed by atoms with van der Waals surface area (Å²) in [6, 6.07) is 7.57. The Morgan fingerprint density at radius 1 is 1.41 bits per heavy atom. The van der Waals surface area contributed by atoms with Gasteiger partial charge >= 0.3 is 0 Å². The number of aromatic nitrogens is 1. The van der Waals surface area contributed by atoms with Crippen molar-refractivity contribution in [1.82, 2.24) is 9.88 Å². The van der Waals surface area contributed by atoms with Gasteiger partial charge in [-0.2, -0.15) is 0 Å². The first-order chi connectivity index (χ1) is 14.0. The molecule has 2 atom stereocenters. The third-order valence-electron chi connectivity index (χ3n) is 4.69. The van der Waals surface area contributed by atoms with Gasteiger partial charge in [0.1, 0.15) is 18.1 Å². The van der Waals surface area contributed by atoms with E-state index in [-0.39, 0.29) is 48.6 Å².